The lowest BCUT2D eigenvalue weighted by molar-refractivity contribution is 0.240. The van der Waals surface area contributed by atoms with Crippen molar-refractivity contribution < 1.29 is 0 Å². The molecule has 0 aromatic rings. The van der Waals surface area contributed by atoms with Crippen LogP contribution >= 0.6 is 12.2 Å². The summed E-state index contributed by atoms with van der Waals surface area (Å²) in [6.07, 6.45) is 9.19. The monoisotopic (exact) mass is 255 g/mol. The average molecular weight is 255 g/mol. The van der Waals surface area contributed by atoms with Gasteiger partial charge in [-0.1, -0.05) is 19.3 Å². The highest BCUT2D eigenvalue weighted by atomic mass is 32.1. The van der Waals surface area contributed by atoms with Crippen molar-refractivity contribution in [1.82, 2.24) is 15.5 Å². The van der Waals surface area contributed by atoms with Crippen LogP contribution in [0.2, 0.25) is 0 Å². The van der Waals surface area contributed by atoms with Gasteiger partial charge in [0, 0.05) is 18.6 Å². The molecule has 1 heterocycles. The number of likely N-dealkylation sites (N-methyl/N-ethyl adjacent to an activating group) is 1. The van der Waals surface area contributed by atoms with E-state index >= 15 is 0 Å². The molecule has 1 saturated heterocycles. The molecule has 98 valence electrons. The number of hydrogen-bond acceptors (Lipinski definition) is 2. The Bertz CT molecular complexity index is 251. The predicted molar refractivity (Wildman–Crippen MR) is 76.3 cm³/mol. The molecule has 2 aliphatic rings. The second-order valence-electron chi connectivity index (χ2n) is 5.55. The van der Waals surface area contributed by atoms with Gasteiger partial charge in [0.25, 0.3) is 0 Å². The van der Waals surface area contributed by atoms with Crippen molar-refractivity contribution in [3.8, 4) is 0 Å². The number of hydrogen-bond donors (Lipinski definition) is 2. The van der Waals surface area contributed by atoms with E-state index in [1.54, 1.807) is 0 Å². The van der Waals surface area contributed by atoms with E-state index in [9.17, 15) is 0 Å². The molecule has 2 N–H and O–H groups in total. The van der Waals surface area contributed by atoms with E-state index in [2.05, 4.69) is 22.6 Å². The summed E-state index contributed by atoms with van der Waals surface area (Å²) >= 11 is 5.41. The van der Waals surface area contributed by atoms with Crippen LogP contribution in [-0.2, 0) is 0 Å². The Labute approximate surface area is 110 Å². The lowest BCUT2D eigenvalue weighted by Gasteiger charge is -2.32. The third kappa shape index (κ3) is 4.43. The maximum atomic E-state index is 5.41. The summed E-state index contributed by atoms with van der Waals surface area (Å²) in [4.78, 5) is 2.38. The van der Waals surface area contributed by atoms with Crippen LogP contribution < -0.4 is 10.6 Å². The van der Waals surface area contributed by atoms with Gasteiger partial charge >= 0.3 is 0 Å². The second kappa shape index (κ2) is 6.55. The summed E-state index contributed by atoms with van der Waals surface area (Å²) in [5.74, 6) is 0. The maximum absolute atomic E-state index is 5.41. The zero-order valence-electron chi connectivity index (χ0n) is 10.9. The fourth-order valence-electron chi connectivity index (χ4n) is 2.94. The van der Waals surface area contributed by atoms with Gasteiger partial charge in [-0.15, -0.1) is 0 Å². The smallest absolute Gasteiger partial charge is 0.166 e. The van der Waals surface area contributed by atoms with Crippen LogP contribution in [-0.4, -0.2) is 42.2 Å². The van der Waals surface area contributed by atoms with Crippen LogP contribution in [0.3, 0.4) is 0 Å². The molecule has 17 heavy (non-hydrogen) atoms. The molecule has 3 nitrogen and oxygen atoms in total. The molecular weight excluding hydrogens is 230 g/mol. The largest absolute Gasteiger partial charge is 0.360 e. The molecule has 0 aromatic heterocycles. The lowest BCUT2D eigenvalue weighted by Crippen LogP contribution is -2.51. The van der Waals surface area contributed by atoms with E-state index in [1.807, 2.05) is 0 Å². The Kier molecular flexibility index (Phi) is 5.04. The first-order valence-corrected chi connectivity index (χ1v) is 7.40. The molecule has 2 fully saturated rings. The number of nitrogens with one attached hydrogen (secondary N) is 2. The number of likely N-dealkylation sites (tertiary alicyclic amines) is 1. The quantitative estimate of drug-likeness (QED) is 0.737. The topological polar surface area (TPSA) is 27.3 Å². The number of piperidine rings is 1. The maximum Gasteiger partial charge on any atom is 0.166 e. The predicted octanol–water partition coefficient (Wildman–Crippen LogP) is 1.88. The van der Waals surface area contributed by atoms with Crippen molar-refractivity contribution in [3.05, 3.63) is 0 Å². The molecule has 1 aliphatic heterocycles. The van der Waals surface area contributed by atoms with Gasteiger partial charge in [-0.25, -0.2) is 0 Å². The first kappa shape index (κ1) is 13.1. The van der Waals surface area contributed by atoms with E-state index < -0.39 is 0 Å². The molecule has 2 rings (SSSR count). The van der Waals surface area contributed by atoms with Crippen LogP contribution in [0.1, 0.15) is 44.9 Å². The summed E-state index contributed by atoms with van der Waals surface area (Å²) in [6.45, 7) is 2.34. The summed E-state index contributed by atoms with van der Waals surface area (Å²) in [5.41, 5.74) is 0. The van der Waals surface area contributed by atoms with Crippen LogP contribution in [0.25, 0.3) is 0 Å². The number of rotatable bonds is 2. The Morgan fingerprint density at radius 3 is 2.35 bits per heavy atom. The van der Waals surface area contributed by atoms with E-state index in [1.165, 1.54) is 51.5 Å². The van der Waals surface area contributed by atoms with Gasteiger partial charge in [0.05, 0.1) is 0 Å². The van der Waals surface area contributed by atoms with Crippen molar-refractivity contribution >= 4 is 17.3 Å². The van der Waals surface area contributed by atoms with Crippen LogP contribution in [0.5, 0.6) is 0 Å². The molecule has 1 saturated carbocycles. The van der Waals surface area contributed by atoms with Gasteiger partial charge in [0.2, 0.25) is 0 Å². The molecular formula is C13H25N3S. The highest BCUT2D eigenvalue weighted by Crippen LogP contribution is 2.17. The van der Waals surface area contributed by atoms with Gasteiger partial charge in [-0.3, -0.25) is 0 Å². The van der Waals surface area contributed by atoms with E-state index in [0.29, 0.717) is 12.1 Å². The van der Waals surface area contributed by atoms with Crippen molar-refractivity contribution in [2.75, 3.05) is 20.1 Å². The number of nitrogens with zero attached hydrogens (tertiary/aromatic N) is 1. The first-order chi connectivity index (χ1) is 8.24. The fraction of sp³-hybridized carbons (Fsp3) is 0.923. The SMILES string of the molecule is CN1CCCC(NC(=S)NC2CCCCC2)C1. The Balaban J connectivity index is 1.68. The molecule has 0 aromatic carbocycles. The minimum atomic E-state index is 0.539. The van der Waals surface area contributed by atoms with E-state index in [4.69, 9.17) is 12.2 Å². The molecule has 0 spiro atoms. The highest BCUT2D eigenvalue weighted by Gasteiger charge is 2.19. The zero-order valence-corrected chi connectivity index (χ0v) is 11.7. The molecule has 1 aliphatic carbocycles. The lowest BCUT2D eigenvalue weighted by atomic mass is 9.96. The van der Waals surface area contributed by atoms with Crippen LogP contribution in [0.4, 0.5) is 0 Å². The van der Waals surface area contributed by atoms with Gasteiger partial charge in [-0.2, -0.15) is 0 Å². The van der Waals surface area contributed by atoms with Crippen LogP contribution in [0, 0.1) is 0 Å². The Hall–Kier alpha value is -0.350. The van der Waals surface area contributed by atoms with E-state index in [0.717, 1.165) is 11.7 Å². The molecule has 1 unspecified atom stereocenters. The first-order valence-electron chi connectivity index (χ1n) is 6.99. The van der Waals surface area contributed by atoms with Crippen LogP contribution in [0.15, 0.2) is 0 Å². The second-order valence-corrected chi connectivity index (χ2v) is 5.96. The van der Waals surface area contributed by atoms with Crippen molar-refractivity contribution in [2.45, 2.75) is 57.0 Å². The summed E-state index contributed by atoms with van der Waals surface area (Å²) in [5, 5.41) is 7.83. The molecule has 0 radical (unpaired) electrons. The minimum absolute atomic E-state index is 0.539. The van der Waals surface area contributed by atoms with Crippen molar-refractivity contribution in [2.24, 2.45) is 0 Å². The molecule has 1 atom stereocenters. The van der Waals surface area contributed by atoms with Crippen molar-refractivity contribution in [3.63, 3.8) is 0 Å². The summed E-state index contributed by atoms with van der Waals surface area (Å²) in [7, 11) is 2.19. The third-order valence-electron chi connectivity index (χ3n) is 3.90. The van der Waals surface area contributed by atoms with Gasteiger partial charge in [0.15, 0.2) is 5.11 Å². The average Bonchev–Trinajstić information content (AvgIpc) is 2.30. The molecule has 4 heteroatoms. The van der Waals surface area contributed by atoms with Gasteiger partial charge < -0.3 is 15.5 Å². The summed E-state index contributed by atoms with van der Waals surface area (Å²) in [6, 6.07) is 1.16. The molecule has 0 bridgehead atoms. The Morgan fingerprint density at radius 1 is 1.00 bits per heavy atom. The van der Waals surface area contributed by atoms with E-state index in [-0.39, 0.29) is 0 Å². The normalized spacial score (nSPS) is 27.7. The van der Waals surface area contributed by atoms with Gasteiger partial charge in [0.1, 0.15) is 0 Å². The Morgan fingerprint density at radius 2 is 1.65 bits per heavy atom. The molecule has 0 amide bonds. The standard InChI is InChI=1S/C13H25N3S/c1-16-9-5-8-12(10-16)15-13(17)14-11-6-3-2-4-7-11/h11-12H,2-10H2,1H3,(H2,14,15,17). The highest BCUT2D eigenvalue weighted by molar-refractivity contribution is 7.80. The van der Waals surface area contributed by atoms with Gasteiger partial charge in [-0.05, 0) is 51.5 Å². The third-order valence-corrected chi connectivity index (χ3v) is 4.14. The minimum Gasteiger partial charge on any atom is -0.360 e. The fourth-order valence-corrected chi connectivity index (χ4v) is 3.28. The van der Waals surface area contributed by atoms with Crippen molar-refractivity contribution in [1.29, 1.82) is 0 Å². The number of thiocarbonyl (C=S) groups is 1. The zero-order chi connectivity index (χ0) is 12.1. The summed E-state index contributed by atoms with van der Waals surface area (Å²) < 4.78 is 0.